The van der Waals surface area contributed by atoms with Crippen LogP contribution < -0.4 is 16.0 Å². The number of aryl methyl sites for hydroxylation is 1. The summed E-state index contributed by atoms with van der Waals surface area (Å²) < 4.78 is 24.9. The minimum Gasteiger partial charge on any atom is -0.394 e. The van der Waals surface area contributed by atoms with Gasteiger partial charge >= 0.3 is 0 Å². The van der Waals surface area contributed by atoms with Crippen molar-refractivity contribution in [2.24, 2.45) is 23.7 Å². The van der Waals surface area contributed by atoms with Gasteiger partial charge in [-0.15, -0.1) is 5.10 Å². The highest BCUT2D eigenvalue weighted by Gasteiger charge is 2.46. The lowest BCUT2D eigenvalue weighted by Gasteiger charge is -2.42. The number of carbonyl (C=O) groups excluding carboxylic acids is 6. The molecule has 15 atom stereocenters. The number of rotatable bonds is 30. The van der Waals surface area contributed by atoms with Crippen molar-refractivity contribution in [2.45, 2.75) is 193 Å². The first-order valence-electron chi connectivity index (χ1n) is 27.5. The van der Waals surface area contributed by atoms with E-state index in [0.717, 1.165) is 0 Å². The molecule has 1 aromatic carbocycles. The number of nitrogens with zero attached hydrogens (tertiary/aromatic N) is 6. The molecule has 0 saturated carbocycles. The number of amides is 6. The molecule has 1 aromatic heterocycles. The lowest BCUT2D eigenvalue weighted by Crippen LogP contribution is -2.64. The zero-order valence-electron chi connectivity index (χ0n) is 48.1. The van der Waals surface area contributed by atoms with Gasteiger partial charge in [-0.3, -0.25) is 28.8 Å². The van der Waals surface area contributed by atoms with Crippen LogP contribution in [0.3, 0.4) is 0 Å². The summed E-state index contributed by atoms with van der Waals surface area (Å²) in [6, 6.07) is 4.53. The maximum absolute atomic E-state index is 14.7. The van der Waals surface area contributed by atoms with Crippen molar-refractivity contribution in [3.63, 3.8) is 0 Å². The average Bonchev–Trinajstić information content (AvgIpc) is 4.11. The molecule has 23 heteroatoms. The molecule has 6 amide bonds. The third kappa shape index (κ3) is 17.2. The van der Waals surface area contributed by atoms with Gasteiger partial charge in [-0.05, 0) is 55.9 Å². The maximum atomic E-state index is 14.7. The molecule has 2 saturated heterocycles. The van der Waals surface area contributed by atoms with E-state index in [4.69, 9.17) is 18.9 Å². The Labute approximate surface area is 460 Å². The summed E-state index contributed by atoms with van der Waals surface area (Å²) in [6.45, 7) is 16.2. The number of hydrogen-bond donors (Lipinski definition) is 7. The topological polar surface area (TPSA) is 297 Å². The van der Waals surface area contributed by atoms with Crippen LogP contribution >= 0.6 is 0 Å². The number of aliphatic hydroxyl groups excluding tert-OH is 4. The van der Waals surface area contributed by atoms with Crippen molar-refractivity contribution in [1.29, 1.82) is 0 Å². The molecular formula is C55H91N9O14. The molecule has 0 aliphatic carbocycles. The van der Waals surface area contributed by atoms with E-state index in [1.54, 1.807) is 56.1 Å². The largest absolute Gasteiger partial charge is 0.394 e. The smallest absolute Gasteiger partial charge is 0.245 e. The van der Waals surface area contributed by atoms with Gasteiger partial charge < -0.3 is 70.0 Å². The third-order valence-electron chi connectivity index (χ3n) is 15.4. The zero-order valence-corrected chi connectivity index (χ0v) is 48.1. The van der Waals surface area contributed by atoms with Gasteiger partial charge in [0, 0.05) is 54.4 Å². The van der Waals surface area contributed by atoms with E-state index >= 15 is 0 Å². The van der Waals surface area contributed by atoms with Crippen LogP contribution in [-0.4, -0.2) is 207 Å². The van der Waals surface area contributed by atoms with E-state index in [0.29, 0.717) is 49.9 Å². The normalized spacial score (nSPS) is 23.1. The van der Waals surface area contributed by atoms with E-state index in [1.165, 1.54) is 30.7 Å². The second kappa shape index (κ2) is 31.0. The van der Waals surface area contributed by atoms with Crippen LogP contribution in [0.1, 0.15) is 118 Å². The van der Waals surface area contributed by atoms with Crippen LogP contribution in [-0.2, 0) is 60.7 Å². The number of methoxy groups -OCH3 is 2. The van der Waals surface area contributed by atoms with Crippen molar-refractivity contribution in [3.8, 4) is 0 Å². The number of hydrogen-bond acceptors (Lipinski definition) is 16. The minimum absolute atomic E-state index is 0.0173. The monoisotopic (exact) mass is 1100 g/mol. The summed E-state index contributed by atoms with van der Waals surface area (Å²) in [5.41, 5.74) is 1.28. The van der Waals surface area contributed by atoms with Gasteiger partial charge in [-0.1, -0.05) is 90.4 Å². The molecule has 23 nitrogen and oxygen atoms in total. The first-order chi connectivity index (χ1) is 36.9. The quantitative estimate of drug-likeness (QED) is 0.0581. The third-order valence-corrected chi connectivity index (χ3v) is 15.4. The van der Waals surface area contributed by atoms with Crippen LogP contribution in [0, 0.1) is 23.7 Å². The number of nitrogens with one attached hydrogen (secondary N) is 3. The number of likely N-dealkylation sites (tertiary alicyclic amines) is 1. The first kappa shape index (κ1) is 65.4. The number of likely N-dealkylation sites (N-methyl/N-ethyl adjacent to an activating group) is 2. The van der Waals surface area contributed by atoms with Crippen molar-refractivity contribution in [1.82, 2.24) is 45.6 Å². The van der Waals surface area contributed by atoms with E-state index < -0.39 is 104 Å². The standard InChI is InChI=1S/C55H91N9O14/c1-14-33(6)47(40(75-12)28-43(68)64-25-19-23-39(64)51(76-13)34(7)52(72)56-35(8)48(69)37-20-16-15-17-21-37)62(11)54(74)44(31(2)3)58-53(73)46(32(4)5)61(10)42(67)24-18-22-38-29-63(60-59-38)26-27-77-55-45(57-36(9)66)50(71)49(70)41(30-65)78-55/h15-17,20-21,29,31-35,39-41,44-51,55,65,69-71H,14,18-19,22-28,30H2,1-13H3,(H,56,72)(H,57,66)(H,58,73)/t33-,34+,35+,39-,40+,41+,44-,45+,46-,47-,48+,49-,50+,51+,55+/m0/s1. The molecule has 78 heavy (non-hydrogen) atoms. The molecule has 2 fully saturated rings. The Morgan fingerprint density at radius 1 is 0.910 bits per heavy atom. The predicted octanol–water partition coefficient (Wildman–Crippen LogP) is 1.34. The van der Waals surface area contributed by atoms with Gasteiger partial charge in [0.05, 0.1) is 74.2 Å². The van der Waals surface area contributed by atoms with Crippen molar-refractivity contribution in [3.05, 3.63) is 47.8 Å². The van der Waals surface area contributed by atoms with E-state index in [1.807, 2.05) is 59.7 Å². The van der Waals surface area contributed by atoms with Gasteiger partial charge in [0.1, 0.15) is 36.4 Å². The fourth-order valence-corrected chi connectivity index (χ4v) is 10.8. The van der Waals surface area contributed by atoms with Crippen LogP contribution in [0.2, 0.25) is 0 Å². The Morgan fingerprint density at radius 3 is 2.18 bits per heavy atom. The molecule has 0 unspecified atom stereocenters. The number of aliphatic hydroxyl groups is 4. The van der Waals surface area contributed by atoms with Crippen molar-refractivity contribution in [2.75, 3.05) is 48.1 Å². The van der Waals surface area contributed by atoms with E-state index in [9.17, 15) is 49.2 Å². The molecule has 3 heterocycles. The molecule has 2 aromatic rings. The summed E-state index contributed by atoms with van der Waals surface area (Å²) in [4.78, 5) is 87.3. The fourth-order valence-electron chi connectivity index (χ4n) is 10.8. The van der Waals surface area contributed by atoms with Gasteiger partial charge in [0.25, 0.3) is 0 Å². The molecule has 4 rings (SSSR count). The van der Waals surface area contributed by atoms with Crippen molar-refractivity contribution >= 4 is 35.4 Å². The molecule has 0 radical (unpaired) electrons. The highest BCUT2D eigenvalue weighted by atomic mass is 16.7. The Hall–Kier alpha value is -5.14. The minimum atomic E-state index is -1.44. The Morgan fingerprint density at radius 2 is 1.59 bits per heavy atom. The number of ether oxygens (including phenoxy) is 4. The number of benzene rings is 1. The zero-order chi connectivity index (χ0) is 58.1. The summed E-state index contributed by atoms with van der Waals surface area (Å²) in [7, 11) is 6.28. The maximum Gasteiger partial charge on any atom is 0.245 e. The Balaban J connectivity index is 1.36. The SMILES string of the molecule is CC[C@H](C)[C@@H]([C@@H](CC(=O)N1CCC[C@H]1[C@H](OC)[C@@H](C)C(=O)N[C@H](C)[C@@H](O)c1ccccc1)OC)N(C)C(=O)[C@@H](NC(=O)[C@H](C(C)C)N(C)C(=O)CCCc1cn(CCO[C@@H]2O[C@H](CO)[C@H](O)[C@H](O)[C@H]2NC(C)=O)nn1)C(C)C. The van der Waals surface area contributed by atoms with Crippen LogP contribution in [0.25, 0.3) is 0 Å². The Kier molecular flexibility index (Phi) is 26.0. The highest BCUT2D eigenvalue weighted by molar-refractivity contribution is 5.92. The lowest BCUT2D eigenvalue weighted by molar-refractivity contribution is -0.270. The van der Waals surface area contributed by atoms with Gasteiger partial charge in [-0.25, -0.2) is 4.68 Å². The molecule has 0 bridgehead atoms. The lowest BCUT2D eigenvalue weighted by atomic mass is 9.89. The summed E-state index contributed by atoms with van der Waals surface area (Å²) in [5, 5.41) is 58.1. The van der Waals surface area contributed by atoms with Crippen LogP contribution in [0.5, 0.6) is 0 Å². The molecule has 0 spiro atoms. The predicted molar refractivity (Wildman–Crippen MR) is 288 cm³/mol. The summed E-state index contributed by atoms with van der Waals surface area (Å²) in [6.07, 6.45) is -2.98. The van der Waals surface area contributed by atoms with Crippen LogP contribution in [0.4, 0.5) is 0 Å². The summed E-state index contributed by atoms with van der Waals surface area (Å²) >= 11 is 0. The van der Waals surface area contributed by atoms with Crippen LogP contribution in [0.15, 0.2) is 36.5 Å². The van der Waals surface area contributed by atoms with E-state index in [2.05, 4.69) is 26.3 Å². The second-order valence-corrected chi connectivity index (χ2v) is 21.8. The molecule has 2 aliphatic heterocycles. The van der Waals surface area contributed by atoms with E-state index in [-0.39, 0.29) is 67.4 Å². The average molecular weight is 1100 g/mol. The molecule has 2 aliphatic rings. The summed E-state index contributed by atoms with van der Waals surface area (Å²) in [5.74, 6) is -3.61. The fraction of sp³-hybridized carbons (Fsp3) is 0.745. The molecule has 440 valence electrons. The molecule has 7 N–H and O–H groups in total. The number of aromatic nitrogens is 3. The van der Waals surface area contributed by atoms with Crippen molar-refractivity contribution < 1.29 is 68.1 Å². The highest BCUT2D eigenvalue weighted by Crippen LogP contribution is 2.31. The van der Waals surface area contributed by atoms with Gasteiger partial charge in [-0.2, -0.15) is 0 Å². The Bertz CT molecular complexity index is 2220. The second-order valence-electron chi connectivity index (χ2n) is 21.8. The number of carbonyl (C=O) groups is 6. The molecular weight excluding hydrogens is 1010 g/mol. The van der Waals surface area contributed by atoms with Gasteiger partial charge in [0.2, 0.25) is 35.4 Å². The van der Waals surface area contributed by atoms with Gasteiger partial charge in [0.15, 0.2) is 6.29 Å². The first-order valence-corrected chi connectivity index (χ1v) is 27.5.